The minimum absolute atomic E-state index is 0.190. The van der Waals surface area contributed by atoms with Crippen molar-refractivity contribution in [2.45, 2.75) is 26.2 Å². The molecule has 0 unspecified atom stereocenters. The Kier molecular flexibility index (Phi) is 5.89. The molecule has 2 aromatic rings. The summed E-state index contributed by atoms with van der Waals surface area (Å²) in [5.74, 6) is -0.279. The average Bonchev–Trinajstić information content (AvgIpc) is 3.34. The third kappa shape index (κ3) is 4.25. The number of likely N-dealkylation sites (N-methyl/N-ethyl adjacent to an activating group) is 1. The standard InChI is InChI=1S/C21H22N4O4S/c1-2-24-20(26)18(14-17-10-11-19(29-17)25(27)28)30-21(24)22-15-6-8-16(9-7-15)23-12-4-3-5-13-23/h6-11,14H,2-5,12-13H2,1H3/b18-14-,22-21?. The first-order valence-electron chi connectivity index (χ1n) is 9.94. The zero-order valence-electron chi connectivity index (χ0n) is 16.6. The van der Waals surface area contributed by atoms with Gasteiger partial charge in [-0.3, -0.25) is 19.8 Å². The molecule has 0 saturated carbocycles. The number of hydrogen-bond acceptors (Lipinski definition) is 7. The summed E-state index contributed by atoms with van der Waals surface area (Å²) in [5, 5.41) is 11.4. The van der Waals surface area contributed by atoms with E-state index in [-0.39, 0.29) is 17.6 Å². The second-order valence-electron chi connectivity index (χ2n) is 7.05. The Morgan fingerprint density at radius 2 is 1.90 bits per heavy atom. The number of furan rings is 1. The quantitative estimate of drug-likeness (QED) is 0.387. The van der Waals surface area contributed by atoms with Gasteiger partial charge in [-0.1, -0.05) is 0 Å². The van der Waals surface area contributed by atoms with Gasteiger partial charge in [-0.2, -0.15) is 0 Å². The predicted molar refractivity (Wildman–Crippen MR) is 118 cm³/mol. The van der Waals surface area contributed by atoms with E-state index in [1.54, 1.807) is 4.90 Å². The van der Waals surface area contributed by atoms with Gasteiger partial charge in [0.15, 0.2) is 5.17 Å². The summed E-state index contributed by atoms with van der Waals surface area (Å²) in [4.78, 5) is 31.9. The smallest absolute Gasteiger partial charge is 0.401 e. The average molecular weight is 426 g/mol. The molecule has 30 heavy (non-hydrogen) atoms. The summed E-state index contributed by atoms with van der Waals surface area (Å²) in [7, 11) is 0. The van der Waals surface area contributed by atoms with E-state index in [2.05, 4.69) is 22.0 Å². The summed E-state index contributed by atoms with van der Waals surface area (Å²) >= 11 is 1.24. The lowest BCUT2D eigenvalue weighted by Crippen LogP contribution is -2.29. The molecule has 9 heteroatoms. The maximum absolute atomic E-state index is 12.7. The Hall–Kier alpha value is -3.07. The van der Waals surface area contributed by atoms with Crippen molar-refractivity contribution >= 4 is 46.2 Å². The van der Waals surface area contributed by atoms with Crippen molar-refractivity contribution in [1.29, 1.82) is 0 Å². The Bertz CT molecular complexity index is 1010. The van der Waals surface area contributed by atoms with E-state index in [9.17, 15) is 14.9 Å². The fraction of sp³-hybridized carbons (Fsp3) is 0.333. The molecule has 0 atom stereocenters. The number of anilines is 1. The summed E-state index contributed by atoms with van der Waals surface area (Å²) in [5.41, 5.74) is 1.97. The van der Waals surface area contributed by atoms with Gasteiger partial charge in [0.1, 0.15) is 10.7 Å². The largest absolute Gasteiger partial charge is 0.433 e. The van der Waals surface area contributed by atoms with Crippen LogP contribution < -0.4 is 4.90 Å². The molecule has 1 aromatic heterocycles. The van der Waals surface area contributed by atoms with Crippen molar-refractivity contribution in [2.24, 2.45) is 4.99 Å². The molecule has 4 rings (SSSR count). The normalized spacial score (nSPS) is 19.8. The van der Waals surface area contributed by atoms with Crippen molar-refractivity contribution in [2.75, 3.05) is 24.5 Å². The van der Waals surface area contributed by atoms with Gasteiger partial charge < -0.3 is 9.32 Å². The number of amidine groups is 1. The summed E-state index contributed by atoms with van der Waals surface area (Å²) in [6, 6.07) is 10.8. The number of hydrogen-bond donors (Lipinski definition) is 0. The number of rotatable bonds is 5. The van der Waals surface area contributed by atoms with E-state index in [0.29, 0.717) is 16.6 Å². The number of piperidine rings is 1. The number of carbonyl (C=O) groups is 1. The number of thioether (sulfide) groups is 1. The molecule has 3 heterocycles. The van der Waals surface area contributed by atoms with Gasteiger partial charge in [0.25, 0.3) is 5.91 Å². The van der Waals surface area contributed by atoms with Crippen LogP contribution in [0.15, 0.2) is 50.7 Å². The van der Waals surface area contributed by atoms with Crippen molar-refractivity contribution in [1.82, 2.24) is 4.90 Å². The van der Waals surface area contributed by atoms with Crippen LogP contribution in [-0.2, 0) is 4.79 Å². The molecule has 2 aliphatic rings. The Morgan fingerprint density at radius 1 is 1.17 bits per heavy atom. The van der Waals surface area contributed by atoms with Crippen LogP contribution in [0.3, 0.4) is 0 Å². The molecule has 0 N–H and O–H groups in total. The third-order valence-corrected chi connectivity index (χ3v) is 6.07. The van der Waals surface area contributed by atoms with Gasteiger partial charge in [0.05, 0.1) is 16.7 Å². The highest BCUT2D eigenvalue weighted by Crippen LogP contribution is 2.35. The first-order valence-corrected chi connectivity index (χ1v) is 10.8. The fourth-order valence-electron chi connectivity index (χ4n) is 3.52. The van der Waals surface area contributed by atoms with Gasteiger partial charge >= 0.3 is 5.88 Å². The van der Waals surface area contributed by atoms with Crippen LogP contribution in [0, 0.1) is 10.1 Å². The molecular weight excluding hydrogens is 404 g/mol. The number of nitro groups is 1. The maximum atomic E-state index is 12.7. The molecule has 1 aromatic carbocycles. The van der Waals surface area contributed by atoms with E-state index >= 15 is 0 Å². The van der Waals surface area contributed by atoms with Crippen molar-refractivity contribution < 1.29 is 14.1 Å². The predicted octanol–water partition coefficient (Wildman–Crippen LogP) is 4.80. The van der Waals surface area contributed by atoms with E-state index in [4.69, 9.17) is 4.42 Å². The van der Waals surface area contributed by atoms with Crippen LogP contribution >= 0.6 is 11.8 Å². The van der Waals surface area contributed by atoms with Crippen LogP contribution in [0.1, 0.15) is 31.9 Å². The molecule has 0 aliphatic carbocycles. The van der Waals surface area contributed by atoms with Crippen molar-refractivity contribution in [3.8, 4) is 0 Å². The second kappa shape index (κ2) is 8.74. The Balaban J connectivity index is 1.54. The molecule has 0 bridgehead atoms. The molecule has 0 spiro atoms. The minimum Gasteiger partial charge on any atom is -0.401 e. The summed E-state index contributed by atoms with van der Waals surface area (Å²) in [6.45, 7) is 4.53. The molecule has 2 aliphatic heterocycles. The fourth-order valence-corrected chi connectivity index (χ4v) is 4.56. The Morgan fingerprint density at radius 3 is 2.53 bits per heavy atom. The zero-order chi connectivity index (χ0) is 21.1. The molecule has 156 valence electrons. The molecule has 2 fully saturated rings. The number of aliphatic imine (C=N–C) groups is 1. The molecule has 0 radical (unpaired) electrons. The zero-order valence-corrected chi connectivity index (χ0v) is 17.4. The lowest BCUT2D eigenvalue weighted by molar-refractivity contribution is -0.402. The first kappa shape index (κ1) is 20.2. The maximum Gasteiger partial charge on any atom is 0.433 e. The highest BCUT2D eigenvalue weighted by molar-refractivity contribution is 8.18. The van der Waals surface area contributed by atoms with E-state index in [1.807, 2.05) is 19.1 Å². The molecule has 1 amide bonds. The molecule has 8 nitrogen and oxygen atoms in total. The lowest BCUT2D eigenvalue weighted by Gasteiger charge is -2.28. The van der Waals surface area contributed by atoms with Crippen LogP contribution in [0.5, 0.6) is 0 Å². The van der Waals surface area contributed by atoms with E-state index in [1.165, 1.54) is 54.9 Å². The van der Waals surface area contributed by atoms with Gasteiger partial charge in [0, 0.05) is 31.4 Å². The summed E-state index contributed by atoms with van der Waals surface area (Å²) in [6.07, 6.45) is 5.26. The highest BCUT2D eigenvalue weighted by atomic mass is 32.2. The van der Waals surface area contributed by atoms with Crippen LogP contribution in [0.4, 0.5) is 17.3 Å². The van der Waals surface area contributed by atoms with Gasteiger partial charge in [-0.25, -0.2) is 4.99 Å². The topological polar surface area (TPSA) is 92.2 Å². The van der Waals surface area contributed by atoms with Crippen molar-refractivity contribution in [3.63, 3.8) is 0 Å². The highest BCUT2D eigenvalue weighted by Gasteiger charge is 2.32. The summed E-state index contributed by atoms with van der Waals surface area (Å²) < 4.78 is 5.14. The van der Waals surface area contributed by atoms with Gasteiger partial charge in [-0.15, -0.1) is 0 Å². The third-order valence-electron chi connectivity index (χ3n) is 5.07. The number of carbonyl (C=O) groups excluding carboxylic acids is 1. The van der Waals surface area contributed by atoms with E-state index in [0.717, 1.165) is 18.8 Å². The number of amides is 1. The second-order valence-corrected chi connectivity index (χ2v) is 8.06. The minimum atomic E-state index is -0.607. The van der Waals surface area contributed by atoms with Crippen LogP contribution in [0.25, 0.3) is 6.08 Å². The van der Waals surface area contributed by atoms with Crippen LogP contribution in [-0.4, -0.2) is 40.5 Å². The lowest BCUT2D eigenvalue weighted by atomic mass is 10.1. The van der Waals surface area contributed by atoms with Gasteiger partial charge in [-0.05, 0) is 68.3 Å². The SMILES string of the molecule is CCN1C(=O)/C(=C/c2ccc([N+](=O)[O-])o2)SC1=Nc1ccc(N2CCCCC2)cc1. The molecule has 2 saturated heterocycles. The first-order chi connectivity index (χ1) is 14.5. The van der Waals surface area contributed by atoms with Gasteiger partial charge in [0.2, 0.25) is 0 Å². The number of benzene rings is 1. The van der Waals surface area contributed by atoms with Crippen molar-refractivity contribution in [3.05, 3.63) is 57.2 Å². The van der Waals surface area contributed by atoms with E-state index < -0.39 is 4.92 Å². The molecular formula is C21H22N4O4S. The monoisotopic (exact) mass is 426 g/mol. The van der Waals surface area contributed by atoms with Crippen LogP contribution in [0.2, 0.25) is 0 Å². The Labute approximate surface area is 178 Å². The number of nitrogens with zero attached hydrogens (tertiary/aromatic N) is 4.